The number of rotatable bonds is 7. The third-order valence-corrected chi connectivity index (χ3v) is 4.09. The van der Waals surface area contributed by atoms with Crippen LogP contribution in [-0.4, -0.2) is 28.0 Å². The van der Waals surface area contributed by atoms with E-state index >= 15 is 0 Å². The Morgan fingerprint density at radius 1 is 1.25 bits per heavy atom. The number of nitrogens with zero attached hydrogens (tertiary/aromatic N) is 2. The van der Waals surface area contributed by atoms with Gasteiger partial charge < -0.3 is 10.4 Å². The molecule has 3 rings (SSSR count). The molecule has 0 atom stereocenters. The van der Waals surface area contributed by atoms with Crippen molar-refractivity contribution in [1.82, 2.24) is 15.1 Å². The van der Waals surface area contributed by atoms with Gasteiger partial charge in [0.15, 0.2) is 0 Å². The standard InChI is InChI=1S/C16H21N3O/c20-9-8-16(6-7-16)13-17-10-14-11-18-19(12-14)15-4-2-1-3-5-15/h1-5,11-12,17,20H,6-10,13H2. The Labute approximate surface area is 119 Å². The van der Waals surface area contributed by atoms with E-state index in [1.54, 1.807) is 0 Å². The number of hydrogen-bond donors (Lipinski definition) is 2. The Bertz CT molecular complexity index is 546. The van der Waals surface area contributed by atoms with Gasteiger partial charge in [0.25, 0.3) is 0 Å². The molecule has 0 bridgehead atoms. The highest BCUT2D eigenvalue weighted by molar-refractivity contribution is 5.30. The normalized spacial score (nSPS) is 16.2. The van der Waals surface area contributed by atoms with Gasteiger partial charge in [-0.1, -0.05) is 18.2 Å². The molecule has 0 amide bonds. The fourth-order valence-corrected chi connectivity index (χ4v) is 2.57. The van der Waals surface area contributed by atoms with Crippen molar-refractivity contribution in [2.24, 2.45) is 5.41 Å². The van der Waals surface area contributed by atoms with Gasteiger partial charge in [-0.2, -0.15) is 5.10 Å². The first-order chi connectivity index (χ1) is 9.81. The van der Waals surface area contributed by atoms with Crippen LogP contribution in [0.3, 0.4) is 0 Å². The summed E-state index contributed by atoms with van der Waals surface area (Å²) in [6.45, 7) is 2.12. The highest BCUT2D eigenvalue weighted by Crippen LogP contribution is 2.47. The second-order valence-electron chi connectivity index (χ2n) is 5.71. The van der Waals surface area contributed by atoms with Crippen LogP contribution in [0, 0.1) is 5.41 Å². The summed E-state index contributed by atoms with van der Waals surface area (Å²) in [6, 6.07) is 10.1. The third-order valence-electron chi connectivity index (χ3n) is 4.09. The summed E-state index contributed by atoms with van der Waals surface area (Å²) >= 11 is 0. The molecule has 20 heavy (non-hydrogen) atoms. The second-order valence-corrected chi connectivity index (χ2v) is 5.71. The monoisotopic (exact) mass is 271 g/mol. The van der Waals surface area contributed by atoms with E-state index in [0.29, 0.717) is 12.0 Å². The zero-order chi connectivity index (χ0) is 13.8. The molecule has 1 aliphatic rings. The Morgan fingerprint density at radius 2 is 2.05 bits per heavy atom. The lowest BCUT2D eigenvalue weighted by Crippen LogP contribution is -2.24. The molecule has 2 N–H and O–H groups in total. The van der Waals surface area contributed by atoms with Gasteiger partial charge in [-0.15, -0.1) is 0 Å². The summed E-state index contributed by atoms with van der Waals surface area (Å²) in [5.41, 5.74) is 2.64. The lowest BCUT2D eigenvalue weighted by Gasteiger charge is -2.13. The maximum absolute atomic E-state index is 9.05. The topological polar surface area (TPSA) is 50.1 Å². The Hall–Kier alpha value is -1.65. The van der Waals surface area contributed by atoms with Gasteiger partial charge in [0.1, 0.15) is 0 Å². The molecular weight excluding hydrogens is 250 g/mol. The molecule has 0 aliphatic heterocycles. The van der Waals surface area contributed by atoms with Crippen LogP contribution in [0.2, 0.25) is 0 Å². The van der Waals surface area contributed by atoms with Crippen molar-refractivity contribution in [2.75, 3.05) is 13.2 Å². The lowest BCUT2D eigenvalue weighted by atomic mass is 10.0. The second kappa shape index (κ2) is 5.77. The van der Waals surface area contributed by atoms with Gasteiger partial charge in [-0.25, -0.2) is 4.68 Å². The largest absolute Gasteiger partial charge is 0.396 e. The smallest absolute Gasteiger partial charge is 0.0645 e. The minimum absolute atomic E-state index is 0.299. The first kappa shape index (κ1) is 13.3. The van der Waals surface area contributed by atoms with Gasteiger partial charge in [0.2, 0.25) is 0 Å². The molecule has 0 radical (unpaired) electrons. The van der Waals surface area contributed by atoms with E-state index in [1.165, 1.54) is 18.4 Å². The van der Waals surface area contributed by atoms with E-state index in [1.807, 2.05) is 41.2 Å². The minimum atomic E-state index is 0.299. The number of nitrogens with one attached hydrogen (secondary N) is 1. The van der Waals surface area contributed by atoms with Gasteiger partial charge >= 0.3 is 0 Å². The molecule has 1 heterocycles. The number of para-hydroxylation sites is 1. The maximum atomic E-state index is 9.05. The van der Waals surface area contributed by atoms with Crippen LogP contribution in [-0.2, 0) is 6.54 Å². The zero-order valence-electron chi connectivity index (χ0n) is 11.6. The van der Waals surface area contributed by atoms with Crippen LogP contribution in [0.1, 0.15) is 24.8 Å². The predicted molar refractivity (Wildman–Crippen MR) is 78.6 cm³/mol. The summed E-state index contributed by atoms with van der Waals surface area (Å²) in [7, 11) is 0. The van der Waals surface area contributed by atoms with E-state index < -0.39 is 0 Å². The fraction of sp³-hybridized carbons (Fsp3) is 0.438. The zero-order valence-corrected chi connectivity index (χ0v) is 11.6. The van der Waals surface area contributed by atoms with Crippen LogP contribution in [0.15, 0.2) is 42.7 Å². The van der Waals surface area contributed by atoms with Crippen molar-refractivity contribution in [3.05, 3.63) is 48.3 Å². The summed E-state index contributed by atoms with van der Waals surface area (Å²) in [5, 5.41) is 16.9. The van der Waals surface area contributed by atoms with Crippen LogP contribution < -0.4 is 5.32 Å². The molecule has 1 aromatic carbocycles. The SMILES string of the molecule is OCCC1(CNCc2cnn(-c3ccccc3)c2)CC1. The quantitative estimate of drug-likeness (QED) is 0.811. The van der Waals surface area contributed by atoms with E-state index in [2.05, 4.69) is 16.6 Å². The Kier molecular flexibility index (Phi) is 3.85. The summed E-state index contributed by atoms with van der Waals surface area (Å²) in [4.78, 5) is 0. The summed E-state index contributed by atoms with van der Waals surface area (Å²) in [5.74, 6) is 0. The molecule has 0 spiro atoms. The first-order valence-corrected chi connectivity index (χ1v) is 7.22. The number of hydrogen-bond acceptors (Lipinski definition) is 3. The average Bonchev–Trinajstić information content (AvgIpc) is 3.07. The molecule has 1 fully saturated rings. The van der Waals surface area contributed by atoms with Gasteiger partial charge in [0.05, 0.1) is 11.9 Å². The maximum Gasteiger partial charge on any atom is 0.0645 e. The molecule has 1 aromatic heterocycles. The molecule has 4 nitrogen and oxygen atoms in total. The third kappa shape index (κ3) is 3.08. The predicted octanol–water partition coefficient (Wildman–Crippen LogP) is 2.12. The number of aromatic nitrogens is 2. The summed E-state index contributed by atoms with van der Waals surface area (Å²) < 4.78 is 1.90. The fourth-order valence-electron chi connectivity index (χ4n) is 2.57. The van der Waals surface area contributed by atoms with Gasteiger partial charge in [0, 0.05) is 31.5 Å². The van der Waals surface area contributed by atoms with Crippen LogP contribution in [0.5, 0.6) is 0 Å². The van der Waals surface area contributed by atoms with Gasteiger partial charge in [-0.3, -0.25) is 0 Å². The van der Waals surface area contributed by atoms with Crippen molar-refractivity contribution < 1.29 is 5.11 Å². The molecule has 0 unspecified atom stereocenters. The highest BCUT2D eigenvalue weighted by atomic mass is 16.3. The van der Waals surface area contributed by atoms with Crippen LogP contribution in [0.4, 0.5) is 0 Å². The highest BCUT2D eigenvalue weighted by Gasteiger charge is 2.41. The first-order valence-electron chi connectivity index (χ1n) is 7.22. The number of aliphatic hydroxyl groups excluding tert-OH is 1. The molecule has 106 valence electrons. The molecule has 0 saturated heterocycles. The van der Waals surface area contributed by atoms with E-state index in [-0.39, 0.29) is 0 Å². The number of aliphatic hydroxyl groups is 1. The van der Waals surface area contributed by atoms with Crippen molar-refractivity contribution in [2.45, 2.75) is 25.8 Å². The van der Waals surface area contributed by atoms with Crippen molar-refractivity contribution in [1.29, 1.82) is 0 Å². The molecule has 1 aliphatic carbocycles. The van der Waals surface area contributed by atoms with E-state index in [4.69, 9.17) is 5.11 Å². The van der Waals surface area contributed by atoms with Crippen molar-refractivity contribution >= 4 is 0 Å². The minimum Gasteiger partial charge on any atom is -0.396 e. The van der Waals surface area contributed by atoms with E-state index in [0.717, 1.165) is 25.2 Å². The lowest BCUT2D eigenvalue weighted by molar-refractivity contribution is 0.245. The van der Waals surface area contributed by atoms with Crippen LogP contribution >= 0.6 is 0 Å². The van der Waals surface area contributed by atoms with Crippen LogP contribution in [0.25, 0.3) is 5.69 Å². The Balaban J connectivity index is 1.53. The molecule has 4 heteroatoms. The summed E-state index contributed by atoms with van der Waals surface area (Å²) in [6.07, 6.45) is 7.37. The molecular formula is C16H21N3O. The molecule has 1 saturated carbocycles. The van der Waals surface area contributed by atoms with Crippen molar-refractivity contribution in [3.63, 3.8) is 0 Å². The van der Waals surface area contributed by atoms with Gasteiger partial charge in [-0.05, 0) is 36.8 Å². The average molecular weight is 271 g/mol. The van der Waals surface area contributed by atoms with E-state index in [9.17, 15) is 0 Å². The van der Waals surface area contributed by atoms with Crippen molar-refractivity contribution in [3.8, 4) is 5.69 Å². The Morgan fingerprint density at radius 3 is 2.75 bits per heavy atom. The number of benzene rings is 1. The molecule has 2 aromatic rings.